The maximum Gasteiger partial charge on any atom is 0.461 e. The van der Waals surface area contributed by atoms with Crippen LogP contribution in [0, 0.1) is 11.6 Å². The number of methoxy groups -OCH3 is 1. The second-order valence-corrected chi connectivity index (χ2v) is 8.96. The first-order valence-electron chi connectivity index (χ1n) is 11.7. The Morgan fingerprint density at radius 3 is 2.17 bits per heavy atom. The Kier molecular flexibility index (Phi) is 9.47. The number of nitrogens with one attached hydrogen (secondary N) is 1. The molecule has 0 aromatic heterocycles. The molecule has 41 heavy (non-hydrogen) atoms. The molecule has 0 saturated carbocycles. The largest absolute Gasteiger partial charge is 0.494 e. The molecular formula is C27H23F9N2O3. The van der Waals surface area contributed by atoms with Crippen LogP contribution in [0.4, 0.5) is 39.5 Å². The summed E-state index contributed by atoms with van der Waals surface area (Å²) in [5.74, 6) is -4.94. The highest BCUT2D eigenvalue weighted by atomic mass is 19.4. The first-order valence-corrected chi connectivity index (χ1v) is 11.7. The molecule has 2 atom stereocenters. The van der Waals surface area contributed by atoms with Crippen LogP contribution < -0.4 is 20.5 Å². The highest BCUT2D eigenvalue weighted by Gasteiger charge is 2.45. The molecule has 222 valence electrons. The minimum atomic E-state index is -5.05. The maximum absolute atomic E-state index is 14.8. The van der Waals surface area contributed by atoms with Gasteiger partial charge in [0.1, 0.15) is 17.6 Å². The molecule has 2 unspecified atom stereocenters. The van der Waals surface area contributed by atoms with Gasteiger partial charge >= 0.3 is 18.7 Å². The van der Waals surface area contributed by atoms with Crippen molar-refractivity contribution in [3.05, 3.63) is 95.1 Å². The molecule has 5 nitrogen and oxygen atoms in total. The molecule has 0 fully saturated rings. The van der Waals surface area contributed by atoms with Crippen molar-refractivity contribution in [1.82, 2.24) is 5.32 Å². The Morgan fingerprint density at radius 1 is 0.927 bits per heavy atom. The number of hydrogen-bond donors (Lipinski definition) is 2. The maximum atomic E-state index is 14.8. The highest BCUT2D eigenvalue weighted by molar-refractivity contribution is 5.79. The van der Waals surface area contributed by atoms with Crippen LogP contribution in [0.1, 0.15) is 23.1 Å². The summed E-state index contributed by atoms with van der Waals surface area (Å²) >= 11 is 0. The van der Waals surface area contributed by atoms with E-state index in [1.165, 1.54) is 12.1 Å². The number of benzene rings is 3. The van der Waals surface area contributed by atoms with E-state index in [1.54, 1.807) is 18.2 Å². The molecule has 3 aromatic carbocycles. The summed E-state index contributed by atoms with van der Waals surface area (Å²) in [5, 5.41) is 2.37. The van der Waals surface area contributed by atoms with Crippen molar-refractivity contribution >= 4 is 5.91 Å². The van der Waals surface area contributed by atoms with Crippen LogP contribution in [0.5, 0.6) is 11.5 Å². The summed E-state index contributed by atoms with van der Waals surface area (Å²) in [7, 11) is 1.10. The molecule has 0 aliphatic heterocycles. The number of ether oxygens (including phenoxy) is 2. The zero-order valence-corrected chi connectivity index (χ0v) is 21.1. The van der Waals surface area contributed by atoms with Crippen LogP contribution in [-0.4, -0.2) is 37.8 Å². The van der Waals surface area contributed by atoms with Gasteiger partial charge in [-0.3, -0.25) is 4.79 Å². The van der Waals surface area contributed by atoms with E-state index in [0.29, 0.717) is 17.7 Å². The first kappa shape index (κ1) is 31.6. The van der Waals surface area contributed by atoms with Crippen molar-refractivity contribution in [2.24, 2.45) is 5.73 Å². The molecule has 14 heteroatoms. The van der Waals surface area contributed by atoms with E-state index in [1.807, 2.05) is 0 Å². The number of nitrogens with two attached hydrogens (primary N) is 1. The lowest BCUT2D eigenvalue weighted by Crippen LogP contribution is -2.51. The molecule has 0 bridgehead atoms. The zero-order valence-electron chi connectivity index (χ0n) is 21.1. The Bertz CT molecular complexity index is 1350. The lowest BCUT2D eigenvalue weighted by molar-refractivity contribution is -0.253. The molecule has 3 aromatic rings. The fraction of sp³-hybridized carbons (Fsp3) is 0.296. The topological polar surface area (TPSA) is 73.6 Å². The summed E-state index contributed by atoms with van der Waals surface area (Å²) < 4.78 is 131. The van der Waals surface area contributed by atoms with E-state index in [4.69, 9.17) is 10.5 Å². The predicted molar refractivity (Wildman–Crippen MR) is 129 cm³/mol. The van der Waals surface area contributed by atoms with Crippen molar-refractivity contribution in [1.29, 1.82) is 0 Å². The first-order chi connectivity index (χ1) is 19.1. The van der Waals surface area contributed by atoms with Gasteiger partial charge in [-0.05, 0) is 41.0 Å². The van der Waals surface area contributed by atoms with Gasteiger partial charge in [-0.15, -0.1) is 0 Å². The number of alkyl halides is 7. The van der Waals surface area contributed by atoms with Gasteiger partial charge in [0.15, 0.2) is 11.6 Å². The highest BCUT2D eigenvalue weighted by Crippen LogP contribution is 2.39. The molecule has 1 amide bonds. The minimum Gasteiger partial charge on any atom is -0.494 e. The van der Waals surface area contributed by atoms with Crippen molar-refractivity contribution < 1.29 is 53.8 Å². The quantitative estimate of drug-likeness (QED) is 0.264. The number of carbonyl (C=O) groups is 1. The van der Waals surface area contributed by atoms with Gasteiger partial charge in [0.25, 0.3) is 0 Å². The minimum absolute atomic E-state index is 0.0919. The fourth-order valence-corrected chi connectivity index (χ4v) is 4.06. The molecule has 0 spiro atoms. The smallest absolute Gasteiger partial charge is 0.461 e. The number of hydrogen-bond acceptors (Lipinski definition) is 4. The lowest BCUT2D eigenvalue weighted by atomic mass is 9.77. The van der Waals surface area contributed by atoms with Crippen LogP contribution in [0.25, 0.3) is 0 Å². The van der Waals surface area contributed by atoms with Crippen LogP contribution in [0.15, 0.2) is 66.7 Å². The third kappa shape index (κ3) is 7.63. The molecule has 3 N–H and O–H groups in total. The average molecular weight is 594 g/mol. The number of amides is 1. The van der Waals surface area contributed by atoms with Gasteiger partial charge < -0.3 is 20.5 Å². The van der Waals surface area contributed by atoms with Crippen LogP contribution in [-0.2, 0) is 16.8 Å². The van der Waals surface area contributed by atoms with Crippen molar-refractivity contribution in [2.45, 2.75) is 43.1 Å². The summed E-state index contributed by atoms with van der Waals surface area (Å²) in [5.41, 5.74) is 2.89. The summed E-state index contributed by atoms with van der Waals surface area (Å²) in [4.78, 5) is 13.0. The third-order valence-electron chi connectivity index (χ3n) is 6.01. The van der Waals surface area contributed by atoms with Gasteiger partial charge in [0.05, 0.1) is 19.1 Å². The van der Waals surface area contributed by atoms with Crippen LogP contribution in [0.3, 0.4) is 0 Å². The second-order valence-electron chi connectivity index (χ2n) is 8.96. The van der Waals surface area contributed by atoms with Gasteiger partial charge in [0.2, 0.25) is 5.91 Å². The zero-order chi connectivity index (χ0) is 30.6. The van der Waals surface area contributed by atoms with E-state index in [0.717, 1.165) is 31.4 Å². The number of carbonyl (C=O) groups excluding carboxylic acids is 1. The van der Waals surface area contributed by atoms with Gasteiger partial charge in [0, 0.05) is 12.5 Å². The lowest BCUT2D eigenvalue weighted by Gasteiger charge is -2.37. The second kappa shape index (κ2) is 12.3. The summed E-state index contributed by atoms with van der Waals surface area (Å²) in [6.45, 7) is 0. The van der Waals surface area contributed by atoms with Crippen molar-refractivity contribution in [3.8, 4) is 11.5 Å². The average Bonchev–Trinajstić information content (AvgIpc) is 2.87. The molecular weight excluding hydrogens is 571 g/mol. The molecule has 0 heterocycles. The van der Waals surface area contributed by atoms with Crippen molar-refractivity contribution in [2.75, 3.05) is 7.11 Å². The Morgan fingerprint density at radius 2 is 1.59 bits per heavy atom. The van der Waals surface area contributed by atoms with Gasteiger partial charge in [-0.1, -0.05) is 36.4 Å². The molecule has 0 radical (unpaired) electrons. The van der Waals surface area contributed by atoms with E-state index in [9.17, 15) is 44.3 Å². The van der Waals surface area contributed by atoms with E-state index >= 15 is 0 Å². The number of rotatable bonds is 11. The molecule has 3 rings (SSSR count). The summed E-state index contributed by atoms with van der Waals surface area (Å²) in [6, 6.07) is 10.1. The van der Waals surface area contributed by atoms with Crippen LogP contribution in [0.2, 0.25) is 0 Å². The Balaban J connectivity index is 2.30. The SMILES string of the molecule is COc1cc(C(Cc2ccccc2)(NC(=O)CC(N)C(F)(F)F)c2cc(F)cc(OC(F)(F)C(F)F)c2)ccc1F. The normalized spacial score (nSPS) is 14.3. The van der Waals surface area contributed by atoms with Gasteiger partial charge in [-0.25, -0.2) is 8.78 Å². The van der Waals surface area contributed by atoms with E-state index in [2.05, 4.69) is 10.1 Å². The number of halogens is 9. The van der Waals surface area contributed by atoms with Gasteiger partial charge in [-0.2, -0.15) is 30.7 Å². The Hall–Kier alpha value is -3.94. The monoisotopic (exact) mass is 594 g/mol. The van der Waals surface area contributed by atoms with E-state index in [-0.39, 0.29) is 12.0 Å². The summed E-state index contributed by atoms with van der Waals surface area (Å²) in [6.07, 6.45) is -16.0. The molecule has 0 aliphatic carbocycles. The standard InChI is InChI=1S/C27H23F9N2O3/c1-40-21-11-16(7-8-20(21)29)25(14-15-5-3-2-4-6-15,38-23(39)13-22(37)26(32,33)34)17-9-18(28)12-19(10-17)41-27(35,36)24(30)31/h2-12,22,24H,13-14,37H2,1H3,(H,38,39). The molecule has 0 aliphatic rings. The fourth-order valence-electron chi connectivity index (χ4n) is 4.06. The molecule has 0 saturated heterocycles. The van der Waals surface area contributed by atoms with Crippen molar-refractivity contribution in [3.63, 3.8) is 0 Å². The van der Waals surface area contributed by atoms with Crippen LogP contribution >= 0.6 is 0 Å². The predicted octanol–water partition coefficient (Wildman–Crippen LogP) is 6.09. The third-order valence-corrected chi connectivity index (χ3v) is 6.01. The Labute approximate surface area is 228 Å². The van der Waals surface area contributed by atoms with E-state index < -0.39 is 71.3 Å².